The second-order valence-electron chi connectivity index (χ2n) is 9.44. The standard InChI is InChI=1S/C28H33F2N3O5/c1-4-32(21-11-9-20(30)10-12-21)28(38)25-26(17(2)3)33(14-13-22(34)15-23(35)16-24(36)37)27(31-25)18-5-7-19(29)8-6-18/h5-12,17,22-23,34-35H,4,13-16H2,1-3H3,(H,36,37)/t22-,23-/m1/s1. The van der Waals surface area contributed by atoms with Crippen LogP contribution >= 0.6 is 0 Å². The molecule has 1 amide bonds. The van der Waals surface area contributed by atoms with Gasteiger partial charge < -0.3 is 24.8 Å². The number of amides is 1. The van der Waals surface area contributed by atoms with Gasteiger partial charge >= 0.3 is 5.97 Å². The monoisotopic (exact) mass is 529 g/mol. The molecule has 2 atom stereocenters. The second kappa shape index (κ2) is 12.7. The van der Waals surface area contributed by atoms with E-state index in [1.54, 1.807) is 23.6 Å². The molecule has 8 nitrogen and oxygen atoms in total. The molecule has 0 unspecified atom stereocenters. The van der Waals surface area contributed by atoms with E-state index < -0.39 is 36.2 Å². The minimum absolute atomic E-state index is 0.121. The predicted octanol–water partition coefficient (Wildman–Crippen LogP) is 4.60. The summed E-state index contributed by atoms with van der Waals surface area (Å²) in [6.45, 7) is 6.12. The van der Waals surface area contributed by atoms with Crippen molar-refractivity contribution in [3.05, 3.63) is 71.6 Å². The lowest BCUT2D eigenvalue weighted by atomic mass is 10.0. The number of hydrogen-bond acceptors (Lipinski definition) is 5. The molecule has 0 radical (unpaired) electrons. The van der Waals surface area contributed by atoms with E-state index in [-0.39, 0.29) is 36.9 Å². The first-order valence-electron chi connectivity index (χ1n) is 12.5. The fraction of sp³-hybridized carbons (Fsp3) is 0.393. The van der Waals surface area contributed by atoms with Crippen molar-refractivity contribution in [2.24, 2.45) is 0 Å². The van der Waals surface area contributed by atoms with Crippen LogP contribution in [-0.2, 0) is 11.3 Å². The lowest BCUT2D eigenvalue weighted by Gasteiger charge is -2.22. The molecule has 0 saturated heterocycles. The minimum atomic E-state index is -1.20. The predicted molar refractivity (Wildman–Crippen MR) is 139 cm³/mol. The van der Waals surface area contributed by atoms with Crippen molar-refractivity contribution >= 4 is 17.6 Å². The molecule has 0 aliphatic carbocycles. The summed E-state index contributed by atoms with van der Waals surface area (Å²) in [5.74, 6) is -2.16. The fourth-order valence-electron chi connectivity index (χ4n) is 4.44. The summed E-state index contributed by atoms with van der Waals surface area (Å²) in [4.78, 5) is 30.8. The van der Waals surface area contributed by atoms with Crippen molar-refractivity contribution in [2.75, 3.05) is 11.4 Å². The lowest BCUT2D eigenvalue weighted by Crippen LogP contribution is -2.32. The topological polar surface area (TPSA) is 116 Å². The Bertz CT molecular complexity index is 1240. The summed E-state index contributed by atoms with van der Waals surface area (Å²) < 4.78 is 29.0. The number of aliphatic carboxylic acids is 1. The van der Waals surface area contributed by atoms with Crippen molar-refractivity contribution in [2.45, 2.75) is 64.7 Å². The molecule has 0 fully saturated rings. The molecule has 3 rings (SSSR count). The van der Waals surface area contributed by atoms with Crippen LogP contribution in [0.25, 0.3) is 11.4 Å². The number of imidazole rings is 1. The van der Waals surface area contributed by atoms with E-state index in [1.807, 2.05) is 13.8 Å². The quantitative estimate of drug-likeness (QED) is 0.316. The van der Waals surface area contributed by atoms with Crippen LogP contribution in [0.5, 0.6) is 0 Å². The van der Waals surface area contributed by atoms with Gasteiger partial charge in [0.25, 0.3) is 5.91 Å². The Morgan fingerprint density at radius 3 is 2.08 bits per heavy atom. The molecule has 10 heteroatoms. The van der Waals surface area contributed by atoms with Crippen molar-refractivity contribution in [3.63, 3.8) is 0 Å². The summed E-state index contributed by atoms with van der Waals surface area (Å²) in [7, 11) is 0. The van der Waals surface area contributed by atoms with E-state index in [2.05, 4.69) is 4.98 Å². The van der Waals surface area contributed by atoms with E-state index in [0.717, 1.165) is 0 Å². The normalized spacial score (nSPS) is 12.9. The van der Waals surface area contributed by atoms with Crippen molar-refractivity contribution in [1.82, 2.24) is 9.55 Å². The van der Waals surface area contributed by atoms with Gasteiger partial charge in [0.05, 0.1) is 24.3 Å². The van der Waals surface area contributed by atoms with Crippen molar-refractivity contribution in [1.29, 1.82) is 0 Å². The van der Waals surface area contributed by atoms with E-state index in [0.29, 0.717) is 29.3 Å². The van der Waals surface area contributed by atoms with Gasteiger partial charge in [-0.2, -0.15) is 0 Å². The van der Waals surface area contributed by atoms with Crippen LogP contribution in [0.15, 0.2) is 48.5 Å². The number of carboxylic acids is 1. The van der Waals surface area contributed by atoms with Crippen molar-refractivity contribution in [3.8, 4) is 11.4 Å². The van der Waals surface area contributed by atoms with Gasteiger partial charge in [-0.15, -0.1) is 0 Å². The average Bonchev–Trinajstić information content (AvgIpc) is 3.24. The number of rotatable bonds is 12. The highest BCUT2D eigenvalue weighted by Gasteiger charge is 2.29. The Balaban J connectivity index is 2.03. The summed E-state index contributed by atoms with van der Waals surface area (Å²) in [6, 6.07) is 11.3. The van der Waals surface area contributed by atoms with Crippen LogP contribution in [-0.4, -0.2) is 55.5 Å². The fourth-order valence-corrected chi connectivity index (χ4v) is 4.44. The molecule has 0 spiro atoms. The highest BCUT2D eigenvalue weighted by atomic mass is 19.1. The maximum Gasteiger partial charge on any atom is 0.305 e. The highest BCUT2D eigenvalue weighted by Crippen LogP contribution is 2.30. The molecule has 0 aliphatic rings. The number of anilines is 1. The lowest BCUT2D eigenvalue weighted by molar-refractivity contribution is -0.139. The molecule has 2 aromatic carbocycles. The van der Waals surface area contributed by atoms with E-state index in [1.165, 1.54) is 41.3 Å². The highest BCUT2D eigenvalue weighted by molar-refractivity contribution is 6.06. The molecule has 0 bridgehead atoms. The van der Waals surface area contributed by atoms with Crippen LogP contribution in [0, 0.1) is 11.6 Å². The van der Waals surface area contributed by atoms with Gasteiger partial charge in [-0.05, 0) is 74.2 Å². The van der Waals surface area contributed by atoms with Gasteiger partial charge in [0.2, 0.25) is 0 Å². The third-order valence-electron chi connectivity index (χ3n) is 6.20. The van der Waals surface area contributed by atoms with E-state index in [4.69, 9.17) is 5.11 Å². The maximum absolute atomic E-state index is 13.8. The Morgan fingerprint density at radius 2 is 1.55 bits per heavy atom. The zero-order chi connectivity index (χ0) is 28.0. The summed E-state index contributed by atoms with van der Waals surface area (Å²) in [5, 5.41) is 29.3. The van der Waals surface area contributed by atoms with Gasteiger partial charge in [0.15, 0.2) is 5.69 Å². The van der Waals surface area contributed by atoms with Crippen LogP contribution in [0.1, 0.15) is 62.1 Å². The number of halogens is 2. The van der Waals surface area contributed by atoms with Gasteiger partial charge in [-0.3, -0.25) is 9.59 Å². The molecular weight excluding hydrogens is 496 g/mol. The van der Waals surface area contributed by atoms with Crippen LogP contribution in [0.2, 0.25) is 0 Å². The van der Waals surface area contributed by atoms with Crippen molar-refractivity contribution < 1.29 is 33.7 Å². The molecule has 1 aromatic heterocycles. The van der Waals surface area contributed by atoms with Gasteiger partial charge in [-0.1, -0.05) is 13.8 Å². The SMILES string of the molecule is CCN(C(=O)c1nc(-c2ccc(F)cc2)n(CC[C@@H](O)C[C@@H](O)CC(=O)O)c1C(C)C)c1ccc(F)cc1. The third-order valence-corrected chi connectivity index (χ3v) is 6.20. The second-order valence-corrected chi connectivity index (χ2v) is 9.44. The van der Waals surface area contributed by atoms with Gasteiger partial charge in [0, 0.05) is 24.3 Å². The molecule has 3 aromatic rings. The Morgan fingerprint density at radius 1 is 0.974 bits per heavy atom. The number of carbonyl (C=O) groups excluding carboxylic acids is 1. The maximum atomic E-state index is 13.8. The number of benzene rings is 2. The number of hydrogen-bond donors (Lipinski definition) is 3. The number of nitrogens with zero attached hydrogens (tertiary/aromatic N) is 3. The molecule has 3 N–H and O–H groups in total. The average molecular weight is 530 g/mol. The molecular formula is C28H33F2N3O5. The molecule has 0 aliphatic heterocycles. The molecule has 0 saturated carbocycles. The zero-order valence-corrected chi connectivity index (χ0v) is 21.6. The number of carbonyl (C=O) groups is 2. The largest absolute Gasteiger partial charge is 0.481 e. The first-order valence-corrected chi connectivity index (χ1v) is 12.5. The third kappa shape index (κ3) is 7.02. The number of aromatic nitrogens is 2. The Hall–Kier alpha value is -3.63. The van der Waals surface area contributed by atoms with E-state index >= 15 is 0 Å². The zero-order valence-electron chi connectivity index (χ0n) is 21.6. The molecule has 1 heterocycles. The van der Waals surface area contributed by atoms with E-state index in [9.17, 15) is 28.6 Å². The number of carboxylic acid groups (broad SMARTS) is 1. The smallest absolute Gasteiger partial charge is 0.305 e. The first-order chi connectivity index (χ1) is 18.0. The van der Waals surface area contributed by atoms with Crippen LogP contribution in [0.4, 0.5) is 14.5 Å². The number of aliphatic hydroxyl groups excluding tert-OH is 2. The Labute approximate surface area is 220 Å². The Kier molecular flexibility index (Phi) is 9.71. The first kappa shape index (κ1) is 28.9. The number of aliphatic hydroxyl groups is 2. The summed E-state index contributed by atoms with van der Waals surface area (Å²) >= 11 is 0. The summed E-state index contributed by atoms with van der Waals surface area (Å²) in [6.07, 6.45) is -2.64. The molecule has 204 valence electrons. The van der Waals surface area contributed by atoms with Crippen LogP contribution in [0.3, 0.4) is 0 Å². The van der Waals surface area contributed by atoms with Gasteiger partial charge in [-0.25, -0.2) is 13.8 Å². The summed E-state index contributed by atoms with van der Waals surface area (Å²) in [5.41, 5.74) is 1.87. The van der Waals surface area contributed by atoms with Crippen LogP contribution < -0.4 is 4.90 Å². The molecule has 38 heavy (non-hydrogen) atoms. The minimum Gasteiger partial charge on any atom is -0.481 e. The van der Waals surface area contributed by atoms with Gasteiger partial charge in [0.1, 0.15) is 17.5 Å².